The maximum atomic E-state index is 14.1. The van der Waals surface area contributed by atoms with E-state index in [2.05, 4.69) is 4.98 Å². The third-order valence-corrected chi connectivity index (χ3v) is 4.38. The lowest BCUT2D eigenvalue weighted by Crippen LogP contribution is -2.24. The summed E-state index contributed by atoms with van der Waals surface area (Å²) in [6, 6.07) is 8.58. The Morgan fingerprint density at radius 3 is 2.82 bits per heavy atom. The molecule has 1 aromatic heterocycles. The third-order valence-electron chi connectivity index (χ3n) is 4.38. The second-order valence-electron chi connectivity index (χ2n) is 5.86. The molecule has 0 bridgehead atoms. The number of aromatic nitrogens is 1. The van der Waals surface area contributed by atoms with Gasteiger partial charge in [0, 0.05) is 6.07 Å². The Morgan fingerprint density at radius 1 is 1.18 bits per heavy atom. The predicted octanol–water partition coefficient (Wildman–Crippen LogP) is 4.28. The topological polar surface area (TPSA) is 42.4 Å². The fourth-order valence-electron chi connectivity index (χ4n) is 3.28. The molecule has 2 aromatic rings. The van der Waals surface area contributed by atoms with Crippen molar-refractivity contribution in [1.82, 2.24) is 4.98 Å². The van der Waals surface area contributed by atoms with Crippen LogP contribution in [0.1, 0.15) is 37.2 Å². The number of halogens is 1. The third kappa shape index (κ3) is 3.38. The highest BCUT2D eigenvalue weighted by Crippen LogP contribution is 2.39. The largest absolute Gasteiger partial charge is 0.506 e. The Morgan fingerprint density at radius 2 is 2.00 bits per heavy atom. The minimum Gasteiger partial charge on any atom is -0.506 e. The van der Waals surface area contributed by atoms with E-state index in [0.717, 1.165) is 31.2 Å². The maximum absolute atomic E-state index is 14.1. The van der Waals surface area contributed by atoms with Crippen LogP contribution in [0.4, 0.5) is 4.39 Å². The Kier molecular flexibility index (Phi) is 4.56. The lowest BCUT2D eigenvalue weighted by molar-refractivity contribution is 0.183. The second-order valence-corrected chi connectivity index (χ2v) is 5.86. The van der Waals surface area contributed by atoms with Crippen LogP contribution in [0.3, 0.4) is 0 Å². The molecule has 2 atom stereocenters. The highest BCUT2D eigenvalue weighted by molar-refractivity contribution is 5.27. The van der Waals surface area contributed by atoms with Crippen molar-refractivity contribution >= 4 is 0 Å². The van der Waals surface area contributed by atoms with Gasteiger partial charge >= 0.3 is 0 Å². The van der Waals surface area contributed by atoms with E-state index in [1.54, 1.807) is 18.3 Å². The molecule has 1 aliphatic carbocycles. The van der Waals surface area contributed by atoms with Crippen molar-refractivity contribution < 1.29 is 14.2 Å². The SMILES string of the molecule is Oc1cncc(OCC2CCCCC2c2ccccc2F)c1. The quantitative estimate of drug-likeness (QED) is 0.916. The first-order valence-corrected chi connectivity index (χ1v) is 7.75. The average Bonchev–Trinajstić information content (AvgIpc) is 2.54. The number of hydrogen-bond acceptors (Lipinski definition) is 3. The molecule has 3 nitrogen and oxygen atoms in total. The van der Waals surface area contributed by atoms with E-state index >= 15 is 0 Å². The van der Waals surface area contributed by atoms with Crippen LogP contribution >= 0.6 is 0 Å². The lowest BCUT2D eigenvalue weighted by Gasteiger charge is -2.32. The Labute approximate surface area is 129 Å². The molecule has 22 heavy (non-hydrogen) atoms. The van der Waals surface area contributed by atoms with E-state index in [1.165, 1.54) is 12.3 Å². The van der Waals surface area contributed by atoms with Gasteiger partial charge in [0.2, 0.25) is 0 Å². The van der Waals surface area contributed by atoms with Crippen LogP contribution in [0, 0.1) is 11.7 Å². The summed E-state index contributed by atoms with van der Waals surface area (Å²) in [5.74, 6) is 0.997. The Hall–Kier alpha value is -2.10. The van der Waals surface area contributed by atoms with Gasteiger partial charge in [0.05, 0.1) is 19.0 Å². The summed E-state index contributed by atoms with van der Waals surface area (Å²) in [6.07, 6.45) is 7.26. The van der Waals surface area contributed by atoms with Crippen LogP contribution in [0.15, 0.2) is 42.7 Å². The molecule has 0 saturated heterocycles. The van der Waals surface area contributed by atoms with Crippen molar-refractivity contribution in [3.8, 4) is 11.5 Å². The van der Waals surface area contributed by atoms with Crippen molar-refractivity contribution in [2.45, 2.75) is 31.6 Å². The summed E-state index contributed by atoms with van der Waals surface area (Å²) in [4.78, 5) is 3.90. The van der Waals surface area contributed by atoms with Gasteiger partial charge in [-0.05, 0) is 36.3 Å². The van der Waals surface area contributed by atoms with Gasteiger partial charge in [0.1, 0.15) is 17.3 Å². The first kappa shape index (κ1) is 14.8. The zero-order valence-corrected chi connectivity index (χ0v) is 12.4. The van der Waals surface area contributed by atoms with Crippen LogP contribution in [0.5, 0.6) is 11.5 Å². The minimum absolute atomic E-state index is 0.0896. The molecule has 1 aliphatic rings. The van der Waals surface area contributed by atoms with Crippen molar-refractivity contribution in [2.75, 3.05) is 6.61 Å². The van der Waals surface area contributed by atoms with Gasteiger partial charge in [-0.15, -0.1) is 0 Å². The minimum atomic E-state index is -0.126. The summed E-state index contributed by atoms with van der Waals surface area (Å²) in [6.45, 7) is 0.518. The summed E-state index contributed by atoms with van der Waals surface area (Å²) >= 11 is 0. The maximum Gasteiger partial charge on any atom is 0.141 e. The number of pyridine rings is 1. The first-order valence-electron chi connectivity index (χ1n) is 7.75. The Bertz CT molecular complexity index is 632. The van der Waals surface area contributed by atoms with Crippen molar-refractivity contribution in [1.29, 1.82) is 0 Å². The van der Waals surface area contributed by atoms with Gasteiger partial charge in [-0.25, -0.2) is 4.39 Å². The van der Waals surface area contributed by atoms with Gasteiger partial charge < -0.3 is 9.84 Å². The monoisotopic (exact) mass is 301 g/mol. The van der Waals surface area contributed by atoms with Gasteiger partial charge in [-0.1, -0.05) is 31.0 Å². The first-order chi connectivity index (χ1) is 10.7. The number of hydrogen-bond donors (Lipinski definition) is 1. The standard InChI is InChI=1S/C18H20FNO2/c19-18-8-4-3-7-17(18)16-6-2-1-5-13(16)12-22-15-9-14(21)10-20-11-15/h3-4,7-11,13,16,21H,1-2,5-6,12H2. The number of ether oxygens (including phenoxy) is 1. The van der Waals surface area contributed by atoms with E-state index in [-0.39, 0.29) is 23.4 Å². The Balaban J connectivity index is 1.72. The molecule has 0 radical (unpaired) electrons. The molecule has 1 fully saturated rings. The normalized spacial score (nSPS) is 21.5. The molecule has 1 aromatic carbocycles. The molecule has 0 spiro atoms. The lowest BCUT2D eigenvalue weighted by atomic mass is 9.75. The van der Waals surface area contributed by atoms with Crippen molar-refractivity contribution in [2.24, 2.45) is 5.92 Å². The average molecular weight is 301 g/mol. The van der Waals surface area contributed by atoms with E-state index in [0.29, 0.717) is 12.4 Å². The predicted molar refractivity (Wildman–Crippen MR) is 82.5 cm³/mol. The number of benzene rings is 1. The number of nitrogens with zero attached hydrogens (tertiary/aromatic N) is 1. The van der Waals surface area contributed by atoms with E-state index in [4.69, 9.17) is 4.74 Å². The van der Waals surface area contributed by atoms with Crippen LogP contribution < -0.4 is 4.74 Å². The highest BCUT2D eigenvalue weighted by atomic mass is 19.1. The zero-order valence-electron chi connectivity index (χ0n) is 12.4. The fourth-order valence-corrected chi connectivity index (χ4v) is 3.28. The molecule has 4 heteroatoms. The molecule has 0 amide bonds. The van der Waals surface area contributed by atoms with Crippen LogP contribution in [0.2, 0.25) is 0 Å². The van der Waals surface area contributed by atoms with Crippen LogP contribution in [0.25, 0.3) is 0 Å². The summed E-state index contributed by atoms with van der Waals surface area (Å²) in [5, 5.41) is 9.42. The molecular weight excluding hydrogens is 281 g/mol. The van der Waals surface area contributed by atoms with Crippen molar-refractivity contribution in [3.05, 3.63) is 54.1 Å². The van der Waals surface area contributed by atoms with E-state index in [1.807, 2.05) is 12.1 Å². The molecular formula is C18H20FNO2. The smallest absolute Gasteiger partial charge is 0.141 e. The molecule has 0 aliphatic heterocycles. The van der Waals surface area contributed by atoms with Gasteiger partial charge in [0.25, 0.3) is 0 Å². The second kappa shape index (κ2) is 6.77. The van der Waals surface area contributed by atoms with Gasteiger partial charge in [-0.3, -0.25) is 4.98 Å². The summed E-state index contributed by atoms with van der Waals surface area (Å²) in [5.41, 5.74) is 0.796. The number of rotatable bonds is 4. The molecule has 116 valence electrons. The molecule has 1 N–H and O–H groups in total. The zero-order chi connectivity index (χ0) is 15.4. The van der Waals surface area contributed by atoms with Gasteiger partial charge in [0.15, 0.2) is 0 Å². The van der Waals surface area contributed by atoms with E-state index < -0.39 is 0 Å². The van der Waals surface area contributed by atoms with Crippen LogP contribution in [-0.4, -0.2) is 16.7 Å². The summed E-state index contributed by atoms with van der Waals surface area (Å²) in [7, 11) is 0. The van der Waals surface area contributed by atoms with Crippen molar-refractivity contribution in [3.63, 3.8) is 0 Å². The summed E-state index contributed by atoms with van der Waals surface area (Å²) < 4.78 is 19.9. The van der Waals surface area contributed by atoms with Crippen LogP contribution in [-0.2, 0) is 0 Å². The molecule has 1 heterocycles. The van der Waals surface area contributed by atoms with Gasteiger partial charge in [-0.2, -0.15) is 0 Å². The molecule has 1 saturated carbocycles. The fraction of sp³-hybridized carbons (Fsp3) is 0.389. The molecule has 2 unspecified atom stereocenters. The van der Waals surface area contributed by atoms with E-state index in [9.17, 15) is 9.50 Å². The molecule has 3 rings (SSSR count). The highest BCUT2D eigenvalue weighted by Gasteiger charge is 2.28. The number of aromatic hydroxyl groups is 1.